The lowest BCUT2D eigenvalue weighted by molar-refractivity contribution is 0.563. The van der Waals surface area contributed by atoms with Crippen LogP contribution >= 0.6 is 0 Å². The molecule has 128 valence electrons. The van der Waals surface area contributed by atoms with Crippen molar-refractivity contribution in [3.63, 3.8) is 0 Å². The van der Waals surface area contributed by atoms with Crippen molar-refractivity contribution >= 4 is 11.1 Å². The molecule has 0 amide bonds. The molecule has 1 unspecified atom stereocenters. The molecule has 0 aromatic carbocycles. The number of nitrogens with zero attached hydrogens (tertiary/aromatic N) is 3. The second kappa shape index (κ2) is 6.50. The van der Waals surface area contributed by atoms with Gasteiger partial charge in [0.2, 0.25) is 0 Å². The van der Waals surface area contributed by atoms with Crippen LogP contribution in [0, 0.1) is 6.92 Å². The van der Waals surface area contributed by atoms with E-state index in [-0.39, 0.29) is 5.75 Å². The highest BCUT2D eigenvalue weighted by Crippen LogP contribution is 2.41. The molecule has 25 heavy (non-hydrogen) atoms. The Morgan fingerprint density at radius 3 is 2.88 bits per heavy atom. The first-order valence-electron chi connectivity index (χ1n) is 8.15. The van der Waals surface area contributed by atoms with Gasteiger partial charge in [0.25, 0.3) is 0 Å². The lowest BCUT2D eigenvalue weighted by atomic mass is 10.1. The lowest BCUT2D eigenvalue weighted by Crippen LogP contribution is -1.95. The van der Waals surface area contributed by atoms with Crippen LogP contribution in [0.1, 0.15) is 35.7 Å². The molecule has 1 saturated carbocycles. The van der Waals surface area contributed by atoms with Gasteiger partial charge in [-0.15, -0.1) is 0 Å². The minimum Gasteiger partial charge on any atom is -0.341 e. The highest BCUT2D eigenvalue weighted by molar-refractivity contribution is 7.78. The number of pyridine rings is 2. The van der Waals surface area contributed by atoms with E-state index in [0.29, 0.717) is 5.92 Å². The van der Waals surface area contributed by atoms with Crippen LogP contribution in [0.25, 0.3) is 22.6 Å². The van der Waals surface area contributed by atoms with Crippen LogP contribution in [0.2, 0.25) is 0 Å². The number of imidazole rings is 1. The van der Waals surface area contributed by atoms with Gasteiger partial charge in [-0.1, -0.05) is 0 Å². The molecule has 0 spiro atoms. The summed E-state index contributed by atoms with van der Waals surface area (Å²) in [6.07, 6.45) is 7.52. The van der Waals surface area contributed by atoms with Crippen LogP contribution in [0.3, 0.4) is 0 Å². The topological polar surface area (TPSA) is 91.8 Å². The molecule has 7 heteroatoms. The monoisotopic (exact) mass is 354 g/mol. The third-order valence-corrected chi connectivity index (χ3v) is 4.89. The van der Waals surface area contributed by atoms with E-state index in [1.165, 1.54) is 12.8 Å². The molecule has 0 aliphatic heterocycles. The second-order valence-electron chi connectivity index (χ2n) is 6.35. The van der Waals surface area contributed by atoms with Crippen LogP contribution in [0.15, 0.2) is 36.8 Å². The molecule has 3 heterocycles. The number of H-pyrrole nitrogens is 1. The van der Waals surface area contributed by atoms with E-state index in [2.05, 4.69) is 21.9 Å². The average Bonchev–Trinajstić information content (AvgIpc) is 3.37. The van der Waals surface area contributed by atoms with E-state index >= 15 is 0 Å². The molecule has 0 bridgehead atoms. The molecule has 1 fully saturated rings. The normalized spacial score (nSPS) is 15.3. The molecule has 1 atom stereocenters. The Kier molecular flexibility index (Phi) is 4.19. The van der Waals surface area contributed by atoms with Crippen molar-refractivity contribution in [1.82, 2.24) is 19.9 Å². The number of nitrogens with one attached hydrogen (secondary N) is 1. The van der Waals surface area contributed by atoms with Crippen molar-refractivity contribution in [3.05, 3.63) is 53.7 Å². The summed E-state index contributed by atoms with van der Waals surface area (Å²) in [7, 11) is 0. The smallest absolute Gasteiger partial charge is 0.157 e. The fourth-order valence-corrected chi connectivity index (χ4v) is 3.40. The maximum Gasteiger partial charge on any atom is 0.157 e. The van der Waals surface area contributed by atoms with Gasteiger partial charge in [0, 0.05) is 35.8 Å². The summed E-state index contributed by atoms with van der Waals surface area (Å²) in [6.45, 7) is 2.05. The largest absolute Gasteiger partial charge is 0.341 e. The van der Waals surface area contributed by atoms with Crippen molar-refractivity contribution in [1.29, 1.82) is 0 Å². The first-order valence-corrected chi connectivity index (χ1v) is 9.42. The zero-order valence-electron chi connectivity index (χ0n) is 13.8. The van der Waals surface area contributed by atoms with Gasteiger partial charge in [-0.2, -0.15) is 0 Å². The van der Waals surface area contributed by atoms with Crippen molar-refractivity contribution in [2.24, 2.45) is 0 Å². The molecular weight excluding hydrogens is 336 g/mol. The Labute approximate surface area is 148 Å². The fraction of sp³-hybridized carbons (Fsp3) is 0.278. The Balaban J connectivity index is 1.67. The van der Waals surface area contributed by atoms with E-state index in [9.17, 15) is 4.21 Å². The third-order valence-electron chi connectivity index (χ3n) is 4.31. The molecule has 4 rings (SSSR count). The fourth-order valence-electron chi connectivity index (χ4n) is 2.96. The molecular formula is C18H18N4O2S. The molecule has 2 N–H and O–H groups in total. The van der Waals surface area contributed by atoms with E-state index < -0.39 is 11.1 Å². The van der Waals surface area contributed by atoms with Crippen molar-refractivity contribution in [2.75, 3.05) is 0 Å². The first kappa shape index (κ1) is 16.1. The molecule has 1 aliphatic rings. The number of aromatic amines is 1. The van der Waals surface area contributed by atoms with Gasteiger partial charge in [0.05, 0.1) is 11.4 Å². The van der Waals surface area contributed by atoms with Gasteiger partial charge in [-0.3, -0.25) is 9.97 Å². The summed E-state index contributed by atoms with van der Waals surface area (Å²) in [5.41, 5.74) is 5.60. The first-order chi connectivity index (χ1) is 12.1. The predicted octanol–water partition coefficient (Wildman–Crippen LogP) is 3.44. The van der Waals surface area contributed by atoms with Crippen molar-refractivity contribution in [3.8, 4) is 22.6 Å². The van der Waals surface area contributed by atoms with Gasteiger partial charge in [0.15, 0.2) is 16.9 Å². The SMILES string of the molecule is Cc1[nH]c(-c2cc(-c3cncc(CS(=O)O)c3)ccn2)nc1C1CC1. The minimum absolute atomic E-state index is 0.0703. The summed E-state index contributed by atoms with van der Waals surface area (Å²) in [5.74, 6) is 1.44. The minimum atomic E-state index is -1.88. The number of aromatic nitrogens is 4. The molecule has 0 radical (unpaired) electrons. The van der Waals surface area contributed by atoms with Gasteiger partial charge in [-0.05, 0) is 49.1 Å². The Morgan fingerprint density at radius 1 is 1.28 bits per heavy atom. The standard InChI is InChI=1S/C18H18N4O2S/c1-11-17(13-2-3-13)22-18(21-11)16-7-14(4-5-20-16)15-6-12(8-19-9-15)10-25(23)24/h4-9,13H,2-3,10H2,1H3,(H,21,22)(H,23,24). The Hall–Kier alpha value is -2.38. The number of aryl methyl sites for hydroxylation is 1. The maximum absolute atomic E-state index is 11.0. The molecule has 0 saturated heterocycles. The highest BCUT2D eigenvalue weighted by atomic mass is 32.2. The summed E-state index contributed by atoms with van der Waals surface area (Å²) >= 11 is -1.88. The van der Waals surface area contributed by atoms with E-state index in [1.807, 2.05) is 18.2 Å². The molecule has 3 aromatic rings. The maximum atomic E-state index is 11.0. The van der Waals surface area contributed by atoms with Gasteiger partial charge >= 0.3 is 0 Å². The predicted molar refractivity (Wildman–Crippen MR) is 96.2 cm³/mol. The summed E-state index contributed by atoms with van der Waals surface area (Å²) in [6, 6.07) is 5.74. The molecule has 1 aliphatic carbocycles. The van der Waals surface area contributed by atoms with Crippen LogP contribution in [0.4, 0.5) is 0 Å². The lowest BCUT2D eigenvalue weighted by Gasteiger charge is -2.05. The van der Waals surface area contributed by atoms with Gasteiger partial charge in [-0.25, -0.2) is 9.19 Å². The van der Waals surface area contributed by atoms with E-state index in [1.54, 1.807) is 18.6 Å². The zero-order valence-corrected chi connectivity index (χ0v) is 14.6. The van der Waals surface area contributed by atoms with Crippen molar-refractivity contribution < 1.29 is 8.76 Å². The van der Waals surface area contributed by atoms with E-state index in [4.69, 9.17) is 9.54 Å². The summed E-state index contributed by atoms with van der Waals surface area (Å²) in [4.78, 5) is 16.7. The summed E-state index contributed by atoms with van der Waals surface area (Å²) in [5, 5.41) is 0. The van der Waals surface area contributed by atoms with Crippen LogP contribution in [-0.2, 0) is 16.8 Å². The van der Waals surface area contributed by atoms with Gasteiger partial charge < -0.3 is 9.54 Å². The quantitative estimate of drug-likeness (QED) is 0.685. The van der Waals surface area contributed by atoms with E-state index in [0.717, 1.165) is 39.6 Å². The number of hydrogen-bond acceptors (Lipinski definition) is 4. The molecule has 6 nitrogen and oxygen atoms in total. The third kappa shape index (κ3) is 3.52. The second-order valence-corrected chi connectivity index (χ2v) is 7.28. The highest BCUT2D eigenvalue weighted by Gasteiger charge is 2.28. The number of hydrogen-bond donors (Lipinski definition) is 2. The van der Waals surface area contributed by atoms with Crippen LogP contribution in [0.5, 0.6) is 0 Å². The average molecular weight is 354 g/mol. The Bertz CT molecular complexity index is 950. The number of rotatable bonds is 5. The van der Waals surface area contributed by atoms with Crippen molar-refractivity contribution in [2.45, 2.75) is 31.4 Å². The van der Waals surface area contributed by atoms with Crippen LogP contribution in [-0.4, -0.2) is 28.7 Å². The molecule has 3 aromatic heterocycles. The Morgan fingerprint density at radius 2 is 2.12 bits per heavy atom. The van der Waals surface area contributed by atoms with Gasteiger partial charge in [0.1, 0.15) is 5.69 Å². The summed E-state index contributed by atoms with van der Waals surface area (Å²) < 4.78 is 20.1. The zero-order chi connectivity index (χ0) is 17.4. The van der Waals surface area contributed by atoms with Crippen LogP contribution < -0.4 is 0 Å².